The van der Waals surface area contributed by atoms with Gasteiger partial charge in [-0.05, 0) is 172 Å². The molecule has 0 saturated heterocycles. The second kappa shape index (κ2) is 15.1. The van der Waals surface area contributed by atoms with E-state index in [1.807, 2.05) is 0 Å². The van der Waals surface area contributed by atoms with Gasteiger partial charge in [-0.3, -0.25) is 9.59 Å². The van der Waals surface area contributed by atoms with E-state index in [2.05, 4.69) is 55.4 Å². The number of hydrogen-bond acceptors (Lipinski definition) is 4. The molecule has 0 spiro atoms. The van der Waals surface area contributed by atoms with Crippen LogP contribution in [-0.4, -0.2) is 34.0 Å². The molecule has 0 amide bonds. The summed E-state index contributed by atoms with van der Waals surface area (Å²) in [6.45, 7) is 18.9. The highest BCUT2D eigenvalue weighted by Crippen LogP contribution is 2.55. The van der Waals surface area contributed by atoms with E-state index in [9.17, 15) is 19.8 Å². The van der Waals surface area contributed by atoms with Crippen LogP contribution in [0.25, 0.3) is 0 Å². The molecule has 8 rings (SSSR count). The molecule has 0 aromatic rings. The van der Waals surface area contributed by atoms with Gasteiger partial charge in [-0.2, -0.15) is 0 Å². The van der Waals surface area contributed by atoms with Crippen LogP contribution in [0.2, 0.25) is 0 Å². The van der Waals surface area contributed by atoms with Crippen LogP contribution in [0.15, 0.2) is 0 Å². The molecule has 0 aliphatic heterocycles. The lowest BCUT2D eigenvalue weighted by Gasteiger charge is -2.36. The van der Waals surface area contributed by atoms with Crippen molar-refractivity contribution in [2.45, 2.75) is 196 Å². The predicted octanol–water partition coefficient (Wildman–Crippen LogP) is 10.8. The quantitative estimate of drug-likeness (QED) is 0.269. The van der Waals surface area contributed by atoms with E-state index in [4.69, 9.17) is 0 Å². The van der Waals surface area contributed by atoms with Gasteiger partial charge in [-0.25, -0.2) is 0 Å². The zero-order valence-corrected chi connectivity index (χ0v) is 32.6. The Bertz CT molecular complexity index is 1100. The van der Waals surface area contributed by atoms with Crippen LogP contribution in [0.1, 0.15) is 184 Å². The summed E-state index contributed by atoms with van der Waals surface area (Å²) in [7, 11) is 0. The second-order valence-electron chi connectivity index (χ2n) is 21.1. The lowest BCUT2D eigenvalue weighted by molar-refractivity contribution is -0.124. The van der Waals surface area contributed by atoms with E-state index in [1.54, 1.807) is 0 Å². The largest absolute Gasteiger partial charge is 0.393 e. The molecule has 4 nitrogen and oxygen atoms in total. The van der Waals surface area contributed by atoms with Crippen molar-refractivity contribution in [1.29, 1.82) is 0 Å². The summed E-state index contributed by atoms with van der Waals surface area (Å²) in [5, 5.41) is 19.1. The molecule has 10 atom stereocenters. The van der Waals surface area contributed by atoms with Gasteiger partial charge in [0.25, 0.3) is 0 Å². The highest BCUT2D eigenvalue weighted by atomic mass is 16.3. The Kier molecular flexibility index (Phi) is 12.1. The van der Waals surface area contributed by atoms with Gasteiger partial charge in [0.2, 0.25) is 0 Å². The number of aliphatic hydroxyl groups excluding tert-OH is 2. The minimum atomic E-state index is 0.00336. The van der Waals surface area contributed by atoms with Crippen molar-refractivity contribution in [3.05, 3.63) is 0 Å². The lowest BCUT2D eigenvalue weighted by atomic mass is 9.71. The van der Waals surface area contributed by atoms with Crippen LogP contribution < -0.4 is 0 Å². The summed E-state index contributed by atoms with van der Waals surface area (Å²) < 4.78 is 0. The fourth-order valence-corrected chi connectivity index (χ4v) is 12.8. The van der Waals surface area contributed by atoms with Crippen LogP contribution >= 0.6 is 0 Å². The number of rotatable bonds is 0. The maximum Gasteiger partial charge on any atom is 0.133 e. The van der Waals surface area contributed by atoms with Crippen LogP contribution in [0.4, 0.5) is 0 Å². The number of aliphatic hydroxyl groups is 2. The fraction of sp³-hybridized carbons (Fsp3) is 0.955. The number of carbonyl (C=O) groups excluding carboxylic acids is 2. The van der Waals surface area contributed by atoms with Crippen molar-refractivity contribution in [3.8, 4) is 0 Å². The highest BCUT2D eigenvalue weighted by Gasteiger charge is 2.47. The van der Waals surface area contributed by atoms with Crippen LogP contribution in [0, 0.1) is 69.0 Å². The summed E-state index contributed by atoms with van der Waals surface area (Å²) in [6.07, 6.45) is 23.4. The number of Topliss-reactive ketones (excluding diaryl/α,β-unsaturated/α-hetero) is 2. The van der Waals surface area contributed by atoms with Crippen molar-refractivity contribution >= 4 is 11.6 Å². The zero-order valence-electron chi connectivity index (χ0n) is 32.6. The third-order valence-corrected chi connectivity index (χ3v) is 16.2. The van der Waals surface area contributed by atoms with Gasteiger partial charge in [0, 0.05) is 25.7 Å². The molecule has 8 fully saturated rings. The molecule has 2 N–H and O–H groups in total. The Morgan fingerprint density at radius 3 is 1.50 bits per heavy atom. The molecule has 0 aromatic carbocycles. The monoisotopic (exact) mass is 669 g/mol. The minimum absolute atomic E-state index is 0.00336. The summed E-state index contributed by atoms with van der Waals surface area (Å²) >= 11 is 0. The Hall–Kier alpha value is -0.740. The smallest absolute Gasteiger partial charge is 0.133 e. The lowest BCUT2D eigenvalue weighted by Crippen LogP contribution is -2.31. The van der Waals surface area contributed by atoms with Crippen molar-refractivity contribution in [3.63, 3.8) is 0 Å². The molecular weight excluding hydrogens is 592 g/mol. The van der Waals surface area contributed by atoms with Gasteiger partial charge in [0.15, 0.2) is 0 Å². The molecule has 276 valence electrons. The molecule has 0 radical (unpaired) electrons. The van der Waals surface area contributed by atoms with Crippen LogP contribution in [0.5, 0.6) is 0 Å². The third kappa shape index (κ3) is 9.00. The fourth-order valence-electron chi connectivity index (χ4n) is 12.8. The van der Waals surface area contributed by atoms with E-state index in [1.165, 1.54) is 70.6 Å². The zero-order chi connectivity index (χ0) is 35.1. The number of ketones is 2. The van der Waals surface area contributed by atoms with E-state index >= 15 is 0 Å². The molecule has 0 bridgehead atoms. The normalized spacial score (nSPS) is 42.7. The Labute approximate surface area is 295 Å². The van der Waals surface area contributed by atoms with Gasteiger partial charge in [0.1, 0.15) is 11.6 Å². The first-order valence-corrected chi connectivity index (χ1v) is 20.8. The van der Waals surface area contributed by atoms with Gasteiger partial charge in [-0.15, -0.1) is 0 Å². The van der Waals surface area contributed by atoms with Gasteiger partial charge in [0.05, 0.1) is 12.2 Å². The SMILES string of the molecule is CC1(C)CCC2CC(=O)CCC21.CC1(C)CCC2CC(O)CCC21.CC1(C)CCC2CCC(=O)CC21.CC1(C)CCC2CCC(O)CC21. The predicted molar refractivity (Wildman–Crippen MR) is 197 cm³/mol. The summed E-state index contributed by atoms with van der Waals surface area (Å²) in [6, 6.07) is 0. The molecule has 0 heterocycles. The van der Waals surface area contributed by atoms with E-state index < -0.39 is 0 Å². The first-order valence-electron chi connectivity index (χ1n) is 20.8. The maximum atomic E-state index is 11.3. The number of carbonyl (C=O) groups is 2. The van der Waals surface area contributed by atoms with Crippen LogP contribution in [-0.2, 0) is 9.59 Å². The Morgan fingerprint density at radius 1 is 0.417 bits per heavy atom. The molecule has 8 aliphatic rings. The number of hydrogen-bond donors (Lipinski definition) is 2. The molecule has 8 aliphatic carbocycles. The van der Waals surface area contributed by atoms with Gasteiger partial charge < -0.3 is 10.2 Å². The second-order valence-corrected chi connectivity index (χ2v) is 21.1. The van der Waals surface area contributed by atoms with E-state index in [-0.39, 0.29) is 12.2 Å². The standard InChI is InChI=1S/C11H20O.C11H18O.C11H20O.C11H18O/c2*1-11(2)6-5-8-7-9(12)3-4-10(8)11;2*1-11(2)6-5-8-3-4-9(12)7-10(8)11/h8-10,12H,3-7H2,1-2H3;8,10H,3-7H2,1-2H3;8-10,12H,3-7H2,1-2H3;8,10H,3-7H2,1-2H3. The van der Waals surface area contributed by atoms with Crippen LogP contribution in [0.3, 0.4) is 0 Å². The maximum absolute atomic E-state index is 11.3. The molecule has 10 unspecified atom stereocenters. The molecule has 48 heavy (non-hydrogen) atoms. The average Bonchev–Trinajstić information content (AvgIpc) is 3.69. The molecule has 0 aromatic heterocycles. The van der Waals surface area contributed by atoms with E-state index in [0.29, 0.717) is 39.1 Å². The molecule has 8 saturated carbocycles. The average molecular weight is 669 g/mol. The van der Waals surface area contributed by atoms with Gasteiger partial charge >= 0.3 is 0 Å². The summed E-state index contributed by atoms with van der Waals surface area (Å²) in [4.78, 5) is 22.5. The first kappa shape index (κ1) is 38.5. The Balaban J connectivity index is 0.000000125. The third-order valence-electron chi connectivity index (χ3n) is 16.2. The van der Waals surface area contributed by atoms with Gasteiger partial charge in [-0.1, -0.05) is 55.4 Å². The van der Waals surface area contributed by atoms with Crippen molar-refractivity contribution in [1.82, 2.24) is 0 Å². The summed E-state index contributed by atoms with van der Waals surface area (Å²) in [5.41, 5.74) is 2.03. The van der Waals surface area contributed by atoms with Crippen molar-refractivity contribution < 1.29 is 19.8 Å². The highest BCUT2D eigenvalue weighted by molar-refractivity contribution is 5.80. The first-order chi connectivity index (χ1) is 22.4. The minimum Gasteiger partial charge on any atom is -0.393 e. The number of fused-ring (bicyclic) bond motifs is 4. The topological polar surface area (TPSA) is 74.6 Å². The Morgan fingerprint density at radius 2 is 0.854 bits per heavy atom. The van der Waals surface area contributed by atoms with Crippen molar-refractivity contribution in [2.24, 2.45) is 69.0 Å². The van der Waals surface area contributed by atoms with Crippen molar-refractivity contribution in [2.75, 3.05) is 0 Å². The summed E-state index contributed by atoms with van der Waals surface area (Å²) in [5.74, 6) is 7.65. The van der Waals surface area contributed by atoms with E-state index in [0.717, 1.165) is 99.2 Å². The molecular formula is C44H76O4. The molecule has 4 heteroatoms.